The van der Waals surface area contributed by atoms with Crippen LogP contribution in [-0.2, 0) is 0 Å². The third-order valence-electron chi connectivity index (χ3n) is 1.57. The van der Waals surface area contributed by atoms with Crippen molar-refractivity contribution in [1.29, 1.82) is 0 Å². The van der Waals surface area contributed by atoms with Crippen molar-refractivity contribution >= 4 is 11.5 Å². The zero-order valence-corrected chi connectivity index (χ0v) is 7.89. The normalized spacial score (nSPS) is 11.5. The van der Waals surface area contributed by atoms with Gasteiger partial charge in [-0.05, 0) is 13.0 Å². The van der Waals surface area contributed by atoms with E-state index < -0.39 is 0 Å². The lowest BCUT2D eigenvalue weighted by Crippen LogP contribution is -2.13. The predicted octanol–water partition coefficient (Wildman–Crippen LogP) is 0.741. The molecule has 0 fully saturated rings. The van der Waals surface area contributed by atoms with Gasteiger partial charge in [0.15, 0.2) is 5.82 Å². The minimum Gasteiger partial charge on any atom is -0.411 e. The van der Waals surface area contributed by atoms with E-state index >= 15 is 0 Å². The van der Waals surface area contributed by atoms with E-state index in [4.69, 9.17) is 5.21 Å². The Balaban J connectivity index is 3.05. The van der Waals surface area contributed by atoms with Crippen molar-refractivity contribution in [2.24, 2.45) is 5.16 Å². The molecule has 5 nitrogen and oxygen atoms in total. The smallest absolute Gasteiger partial charge is 0.179 e. The van der Waals surface area contributed by atoms with Gasteiger partial charge in [0.05, 0.1) is 0 Å². The number of hydrogen-bond donors (Lipinski definition) is 1. The molecule has 1 aromatic heterocycles. The van der Waals surface area contributed by atoms with Gasteiger partial charge < -0.3 is 10.1 Å². The molecular formula is C8H12N4O. The molecule has 5 heteroatoms. The Bertz CT molecular complexity index is 322. The van der Waals surface area contributed by atoms with Crippen LogP contribution in [0, 0.1) is 0 Å². The highest BCUT2D eigenvalue weighted by atomic mass is 16.4. The molecule has 1 aromatic rings. The summed E-state index contributed by atoms with van der Waals surface area (Å²) in [5.41, 5.74) is 0.406. The minimum atomic E-state index is 0.406. The molecule has 1 heterocycles. The van der Waals surface area contributed by atoms with E-state index in [0.717, 1.165) is 5.82 Å². The summed E-state index contributed by atoms with van der Waals surface area (Å²) in [7, 11) is 3.77. The molecule has 1 rings (SSSR count). The van der Waals surface area contributed by atoms with Gasteiger partial charge in [-0.1, -0.05) is 5.16 Å². The summed E-state index contributed by atoms with van der Waals surface area (Å²) >= 11 is 0. The van der Waals surface area contributed by atoms with Crippen LogP contribution in [0.1, 0.15) is 12.7 Å². The zero-order chi connectivity index (χ0) is 9.84. The van der Waals surface area contributed by atoms with Crippen LogP contribution in [0.15, 0.2) is 17.4 Å². The minimum absolute atomic E-state index is 0.406. The Labute approximate surface area is 76.7 Å². The fourth-order valence-electron chi connectivity index (χ4n) is 0.817. The lowest BCUT2D eigenvalue weighted by Gasteiger charge is -2.10. The van der Waals surface area contributed by atoms with Gasteiger partial charge in [-0.3, -0.25) is 0 Å². The first kappa shape index (κ1) is 9.44. The Morgan fingerprint density at radius 3 is 2.77 bits per heavy atom. The summed E-state index contributed by atoms with van der Waals surface area (Å²) in [5.74, 6) is 1.22. The third kappa shape index (κ3) is 2.14. The summed E-state index contributed by atoms with van der Waals surface area (Å²) in [6, 6.07) is 1.79. The van der Waals surface area contributed by atoms with Crippen molar-refractivity contribution in [2.45, 2.75) is 6.92 Å². The van der Waals surface area contributed by atoms with Crippen LogP contribution >= 0.6 is 0 Å². The molecule has 0 unspecified atom stereocenters. The third-order valence-corrected chi connectivity index (χ3v) is 1.57. The van der Waals surface area contributed by atoms with Crippen molar-refractivity contribution in [3.63, 3.8) is 0 Å². The number of hydrogen-bond acceptors (Lipinski definition) is 5. The second kappa shape index (κ2) is 3.84. The highest BCUT2D eigenvalue weighted by molar-refractivity contribution is 5.94. The zero-order valence-electron chi connectivity index (χ0n) is 7.89. The first-order valence-electron chi connectivity index (χ1n) is 3.84. The van der Waals surface area contributed by atoms with E-state index in [1.165, 1.54) is 0 Å². The maximum atomic E-state index is 8.51. The lowest BCUT2D eigenvalue weighted by molar-refractivity contribution is 0.318. The van der Waals surface area contributed by atoms with E-state index in [-0.39, 0.29) is 0 Å². The number of nitrogens with zero attached hydrogens (tertiary/aromatic N) is 4. The number of oxime groups is 1. The van der Waals surface area contributed by atoms with E-state index in [2.05, 4.69) is 15.1 Å². The lowest BCUT2D eigenvalue weighted by atomic mass is 10.4. The molecule has 0 spiro atoms. The van der Waals surface area contributed by atoms with Crippen LogP contribution in [0.5, 0.6) is 0 Å². The standard InChI is InChI=1S/C8H12N4O/c1-6(11-13)8-9-5-4-7(10-8)12(2)3/h4-5,13H,1-3H3/b11-6+. The molecule has 0 amide bonds. The highest BCUT2D eigenvalue weighted by Gasteiger charge is 2.03. The summed E-state index contributed by atoms with van der Waals surface area (Å²) in [6.45, 7) is 1.65. The molecule has 0 saturated carbocycles. The first-order valence-corrected chi connectivity index (χ1v) is 3.84. The van der Waals surface area contributed by atoms with Gasteiger partial charge in [0.1, 0.15) is 11.5 Å². The molecule has 1 N–H and O–H groups in total. The molecule has 0 aromatic carbocycles. The van der Waals surface area contributed by atoms with Gasteiger partial charge in [0.2, 0.25) is 0 Å². The van der Waals surface area contributed by atoms with Gasteiger partial charge in [-0.25, -0.2) is 9.97 Å². The van der Waals surface area contributed by atoms with Crippen LogP contribution in [0.4, 0.5) is 5.82 Å². The molecule has 0 aliphatic rings. The molecule has 0 radical (unpaired) electrons. The quantitative estimate of drug-likeness (QED) is 0.414. The average molecular weight is 180 g/mol. The van der Waals surface area contributed by atoms with Crippen LogP contribution in [-0.4, -0.2) is 35.0 Å². The molecule has 0 atom stereocenters. The molecule has 70 valence electrons. The summed E-state index contributed by atoms with van der Waals surface area (Å²) in [4.78, 5) is 9.99. The van der Waals surface area contributed by atoms with Gasteiger partial charge in [-0.15, -0.1) is 0 Å². The second-order valence-corrected chi connectivity index (χ2v) is 2.82. The number of rotatable bonds is 2. The number of anilines is 1. The molecular weight excluding hydrogens is 168 g/mol. The summed E-state index contributed by atoms with van der Waals surface area (Å²) < 4.78 is 0. The van der Waals surface area contributed by atoms with Gasteiger partial charge in [0, 0.05) is 20.3 Å². The van der Waals surface area contributed by atoms with Crippen molar-refractivity contribution in [3.05, 3.63) is 18.1 Å². The fourth-order valence-corrected chi connectivity index (χ4v) is 0.817. The Morgan fingerprint density at radius 2 is 2.23 bits per heavy atom. The van der Waals surface area contributed by atoms with Crippen LogP contribution in [0.25, 0.3) is 0 Å². The molecule has 0 aliphatic heterocycles. The van der Waals surface area contributed by atoms with Gasteiger partial charge >= 0.3 is 0 Å². The monoisotopic (exact) mass is 180 g/mol. The SMILES string of the molecule is C/C(=N\O)c1nccc(N(C)C)n1. The van der Waals surface area contributed by atoms with E-state index in [0.29, 0.717) is 11.5 Å². The Hall–Kier alpha value is -1.65. The average Bonchev–Trinajstić information content (AvgIpc) is 2.17. The van der Waals surface area contributed by atoms with Gasteiger partial charge in [-0.2, -0.15) is 0 Å². The molecule has 0 aliphatic carbocycles. The Kier molecular flexibility index (Phi) is 2.79. The van der Waals surface area contributed by atoms with Crippen molar-refractivity contribution in [2.75, 3.05) is 19.0 Å². The second-order valence-electron chi connectivity index (χ2n) is 2.82. The maximum absolute atomic E-state index is 8.51. The Morgan fingerprint density at radius 1 is 1.54 bits per heavy atom. The molecule has 13 heavy (non-hydrogen) atoms. The molecule has 0 saturated heterocycles. The van der Waals surface area contributed by atoms with Crippen molar-refractivity contribution < 1.29 is 5.21 Å². The largest absolute Gasteiger partial charge is 0.411 e. The summed E-state index contributed by atoms with van der Waals surface area (Å²) in [6.07, 6.45) is 1.63. The fraction of sp³-hybridized carbons (Fsp3) is 0.375. The van der Waals surface area contributed by atoms with Crippen LogP contribution < -0.4 is 4.90 Å². The van der Waals surface area contributed by atoms with E-state index in [1.54, 1.807) is 19.2 Å². The van der Waals surface area contributed by atoms with Crippen LogP contribution in [0.3, 0.4) is 0 Å². The van der Waals surface area contributed by atoms with E-state index in [9.17, 15) is 0 Å². The van der Waals surface area contributed by atoms with E-state index in [1.807, 2.05) is 19.0 Å². The molecule has 0 bridgehead atoms. The van der Waals surface area contributed by atoms with Crippen molar-refractivity contribution in [3.8, 4) is 0 Å². The number of aromatic nitrogens is 2. The first-order chi connectivity index (χ1) is 6.15. The van der Waals surface area contributed by atoms with Crippen LogP contribution in [0.2, 0.25) is 0 Å². The van der Waals surface area contributed by atoms with Gasteiger partial charge in [0.25, 0.3) is 0 Å². The maximum Gasteiger partial charge on any atom is 0.179 e. The highest BCUT2D eigenvalue weighted by Crippen LogP contribution is 2.05. The predicted molar refractivity (Wildman–Crippen MR) is 50.4 cm³/mol. The van der Waals surface area contributed by atoms with Crippen molar-refractivity contribution in [1.82, 2.24) is 9.97 Å². The topological polar surface area (TPSA) is 61.6 Å². The summed E-state index contributed by atoms with van der Waals surface area (Å²) in [5, 5.41) is 11.5.